The minimum absolute atomic E-state index is 0.0965. The summed E-state index contributed by atoms with van der Waals surface area (Å²) in [5.74, 6) is 2.71. The minimum Gasteiger partial charge on any atom is -0.497 e. The first-order chi connectivity index (χ1) is 25.8. The van der Waals surface area contributed by atoms with Crippen LogP contribution in [0.25, 0.3) is 27.8 Å². The van der Waals surface area contributed by atoms with Crippen molar-refractivity contribution in [3.63, 3.8) is 0 Å². The Morgan fingerprint density at radius 3 is 2.67 bits per heavy atom. The molecular weight excluding hydrogens is 723 g/mol. The van der Waals surface area contributed by atoms with Crippen molar-refractivity contribution in [3.8, 4) is 11.5 Å². The molecule has 15 heteroatoms. The van der Waals surface area contributed by atoms with E-state index in [0.29, 0.717) is 47.6 Å². The van der Waals surface area contributed by atoms with E-state index in [1.54, 1.807) is 20.5 Å². The number of anilines is 1. The zero-order valence-corrected chi connectivity index (χ0v) is 31.5. The number of imidazole rings is 1. The summed E-state index contributed by atoms with van der Waals surface area (Å²) in [6.45, 7) is 5.22. The number of rotatable bonds is 12. The van der Waals surface area contributed by atoms with E-state index in [-0.39, 0.29) is 23.1 Å². The van der Waals surface area contributed by atoms with Crippen molar-refractivity contribution >= 4 is 45.2 Å². The lowest BCUT2D eigenvalue weighted by Gasteiger charge is -2.42. The van der Waals surface area contributed by atoms with Gasteiger partial charge in [-0.25, -0.2) is 15.0 Å². The molecule has 2 aliphatic carbocycles. The van der Waals surface area contributed by atoms with E-state index in [2.05, 4.69) is 47.8 Å². The van der Waals surface area contributed by atoms with E-state index in [9.17, 15) is 13.2 Å². The molecule has 2 fully saturated rings. The topological polar surface area (TPSA) is 112 Å². The fourth-order valence-corrected chi connectivity index (χ4v) is 8.39. The van der Waals surface area contributed by atoms with Crippen LogP contribution in [0, 0.1) is 11.8 Å². The fraction of sp³-hybridized carbons (Fsp3) is 0.462. The molecule has 11 nitrogen and oxygen atoms in total. The number of methoxy groups -OCH3 is 2. The summed E-state index contributed by atoms with van der Waals surface area (Å²) in [4.78, 5) is 19.2. The van der Waals surface area contributed by atoms with Gasteiger partial charge in [0.1, 0.15) is 47.3 Å². The summed E-state index contributed by atoms with van der Waals surface area (Å²) in [5, 5.41) is 4.01. The van der Waals surface area contributed by atoms with E-state index in [1.807, 2.05) is 44.3 Å². The van der Waals surface area contributed by atoms with Crippen LogP contribution in [0.3, 0.4) is 0 Å². The van der Waals surface area contributed by atoms with Crippen molar-refractivity contribution in [2.45, 2.75) is 76.3 Å². The first-order valence-electron chi connectivity index (χ1n) is 18.1. The second-order valence-electron chi connectivity index (χ2n) is 15.0. The second kappa shape index (κ2) is 14.0. The van der Waals surface area contributed by atoms with E-state index >= 15 is 0 Å². The van der Waals surface area contributed by atoms with Crippen LogP contribution in [0.15, 0.2) is 55.0 Å². The number of nitrogens with zero attached hydrogens (tertiary/aromatic N) is 5. The highest BCUT2D eigenvalue weighted by Gasteiger charge is 2.51. The minimum atomic E-state index is -4.52. The van der Waals surface area contributed by atoms with E-state index in [0.717, 1.165) is 65.7 Å². The van der Waals surface area contributed by atoms with Crippen molar-refractivity contribution in [3.05, 3.63) is 77.0 Å². The Labute approximate surface area is 315 Å². The van der Waals surface area contributed by atoms with Crippen molar-refractivity contribution in [2.75, 3.05) is 33.1 Å². The third-order valence-electron chi connectivity index (χ3n) is 11.0. The monoisotopic (exact) mass is 765 g/mol. The van der Waals surface area contributed by atoms with Crippen LogP contribution in [0.1, 0.15) is 50.1 Å². The molecule has 4 heterocycles. The Bertz CT molecular complexity index is 2210. The Hall–Kier alpha value is -4.37. The Balaban J connectivity index is 0.923. The molecule has 3 aromatic heterocycles. The van der Waals surface area contributed by atoms with Gasteiger partial charge in [0.15, 0.2) is 5.79 Å². The van der Waals surface area contributed by atoms with Crippen molar-refractivity contribution < 1.29 is 32.1 Å². The van der Waals surface area contributed by atoms with Gasteiger partial charge in [-0.3, -0.25) is 0 Å². The van der Waals surface area contributed by atoms with Gasteiger partial charge < -0.3 is 38.7 Å². The molecular formula is C39H43ClF3N7O4. The summed E-state index contributed by atoms with van der Waals surface area (Å²) < 4.78 is 66.0. The molecule has 286 valence electrons. The quantitative estimate of drug-likeness (QED) is 0.131. The number of halogens is 4. The zero-order chi connectivity index (χ0) is 37.9. The predicted octanol–water partition coefficient (Wildman–Crippen LogP) is 7.94. The lowest BCUT2D eigenvalue weighted by Crippen LogP contribution is -2.46. The fourth-order valence-electron chi connectivity index (χ4n) is 8.13. The molecule has 0 radical (unpaired) electrons. The normalized spacial score (nSPS) is 23.5. The Kier molecular flexibility index (Phi) is 9.52. The Morgan fingerprint density at radius 2 is 1.91 bits per heavy atom. The maximum atomic E-state index is 13.3. The molecule has 0 amide bonds. The molecule has 0 bridgehead atoms. The van der Waals surface area contributed by atoms with Gasteiger partial charge >= 0.3 is 6.18 Å². The number of alkyl halides is 3. The molecule has 2 N–H and O–H groups in total. The summed E-state index contributed by atoms with van der Waals surface area (Å²) in [5.41, 5.74) is 2.68. The van der Waals surface area contributed by atoms with Crippen LogP contribution in [0.4, 0.5) is 19.0 Å². The number of hydrogen-bond donors (Lipinski definition) is 2. The number of aromatic amines is 1. The van der Waals surface area contributed by atoms with Gasteiger partial charge in [-0.1, -0.05) is 17.7 Å². The molecule has 1 aliphatic heterocycles. The number of aryl methyl sites for hydroxylation is 1. The molecule has 3 aliphatic rings. The third kappa shape index (κ3) is 7.00. The highest BCUT2D eigenvalue weighted by molar-refractivity contribution is 6.32. The van der Waals surface area contributed by atoms with Crippen molar-refractivity contribution in [2.24, 2.45) is 11.8 Å². The average Bonchev–Trinajstić information content (AvgIpc) is 3.87. The van der Waals surface area contributed by atoms with Crippen LogP contribution in [-0.4, -0.2) is 81.3 Å². The first kappa shape index (κ1) is 36.6. The number of benzene rings is 2. The van der Waals surface area contributed by atoms with Gasteiger partial charge in [0.05, 0.1) is 46.9 Å². The Morgan fingerprint density at radius 1 is 1.09 bits per heavy atom. The first-order valence-corrected chi connectivity index (χ1v) is 18.5. The number of H-pyrrole nitrogens is 1. The molecule has 1 saturated heterocycles. The molecule has 5 aromatic rings. The number of aromatic nitrogens is 5. The van der Waals surface area contributed by atoms with Crippen molar-refractivity contribution in [1.82, 2.24) is 29.4 Å². The van der Waals surface area contributed by atoms with Gasteiger partial charge in [0.25, 0.3) is 0 Å². The van der Waals surface area contributed by atoms with Crippen LogP contribution in [-0.2, 0) is 28.6 Å². The molecule has 1 saturated carbocycles. The molecule has 0 spiro atoms. The lowest BCUT2D eigenvalue weighted by molar-refractivity contribution is -0.148. The lowest BCUT2D eigenvalue weighted by atomic mass is 9.76. The van der Waals surface area contributed by atoms with Crippen molar-refractivity contribution in [1.29, 1.82) is 0 Å². The summed E-state index contributed by atoms with van der Waals surface area (Å²) in [7, 11) is 5.43. The average molecular weight is 766 g/mol. The summed E-state index contributed by atoms with van der Waals surface area (Å²) in [6, 6.07) is 10.5. The molecule has 54 heavy (non-hydrogen) atoms. The molecule has 2 aromatic carbocycles. The molecule has 3 atom stereocenters. The molecule has 8 rings (SSSR count). The largest absolute Gasteiger partial charge is 0.497 e. The third-order valence-corrected chi connectivity index (χ3v) is 11.3. The van der Waals surface area contributed by atoms with Gasteiger partial charge in [-0.15, -0.1) is 0 Å². The van der Waals surface area contributed by atoms with Crippen LogP contribution < -0.4 is 14.8 Å². The van der Waals surface area contributed by atoms with Gasteiger partial charge in [0.2, 0.25) is 0 Å². The van der Waals surface area contributed by atoms with Crippen LogP contribution >= 0.6 is 11.6 Å². The van der Waals surface area contributed by atoms with Gasteiger partial charge in [-0.2, -0.15) is 13.2 Å². The zero-order valence-electron chi connectivity index (χ0n) is 30.7. The number of hydrogen-bond acceptors (Lipinski definition) is 9. The smallest absolute Gasteiger partial charge is 0.417 e. The van der Waals surface area contributed by atoms with Crippen LogP contribution in [0.2, 0.25) is 5.02 Å². The van der Waals surface area contributed by atoms with Gasteiger partial charge in [0, 0.05) is 49.3 Å². The predicted molar refractivity (Wildman–Crippen MR) is 200 cm³/mol. The van der Waals surface area contributed by atoms with E-state index in [1.165, 1.54) is 6.07 Å². The van der Waals surface area contributed by atoms with E-state index in [4.69, 9.17) is 30.5 Å². The van der Waals surface area contributed by atoms with E-state index < -0.39 is 17.5 Å². The SMILES string of the molecule is COc1ccc(CNc2ncnc3c2ccn3C2=C[C@H](CN(C)C3CC(CCc4nc5cc(Cl)c(C(F)(F)F)cc5[nH]4)C3)[C@H]3OC(C)(C)O[C@@H]23)c(OC)c1. The highest BCUT2D eigenvalue weighted by Crippen LogP contribution is 2.45. The molecule has 0 unspecified atom stereocenters. The summed E-state index contributed by atoms with van der Waals surface area (Å²) in [6.07, 6.45) is 4.58. The number of nitrogens with one attached hydrogen (secondary N) is 2. The second-order valence-corrected chi connectivity index (χ2v) is 15.4. The van der Waals surface area contributed by atoms with Crippen LogP contribution in [0.5, 0.6) is 11.5 Å². The maximum Gasteiger partial charge on any atom is 0.417 e. The maximum absolute atomic E-state index is 13.3. The standard InChI is InChI=1S/C39H43ClF3N7O4/c1-38(2)53-34-23(19-49(3)24-12-21(13-24)6-9-33-47-29-16-27(39(41,42)43)28(40)17-30(29)48-33)14-31(35(34)54-38)50-11-10-26-36(45-20-46-37(26)50)44-18-22-7-8-25(51-4)15-32(22)52-5/h7-8,10-11,14-17,20-21,23-24,34-35H,6,9,12-13,18-19H2,1-5H3,(H,47,48)(H,44,45,46)/t21?,23-,24?,34-,35+/m1/s1. The number of fused-ring (bicyclic) bond motifs is 3. The highest BCUT2D eigenvalue weighted by atomic mass is 35.5. The number of ether oxygens (including phenoxy) is 4. The van der Waals surface area contributed by atoms with Gasteiger partial charge in [-0.05, 0) is 76.4 Å². The summed E-state index contributed by atoms with van der Waals surface area (Å²) >= 11 is 5.90.